The lowest BCUT2D eigenvalue weighted by molar-refractivity contribution is 0.281. The summed E-state index contributed by atoms with van der Waals surface area (Å²) in [5.74, 6) is 1.67. The molecule has 0 bridgehead atoms. The van der Waals surface area contributed by atoms with Gasteiger partial charge in [0.25, 0.3) is 0 Å². The van der Waals surface area contributed by atoms with E-state index in [0.717, 1.165) is 11.3 Å². The number of nitrogens with one attached hydrogen (secondary N) is 1. The number of aliphatic imine (C=N–C) groups is 1. The van der Waals surface area contributed by atoms with Gasteiger partial charge in [-0.15, -0.1) is 0 Å². The number of hydrogen-bond donors (Lipinski definition) is 1. The van der Waals surface area contributed by atoms with Gasteiger partial charge < -0.3 is 15.0 Å². The lowest BCUT2D eigenvalue weighted by Gasteiger charge is -2.22. The van der Waals surface area contributed by atoms with Gasteiger partial charge in [-0.2, -0.15) is 0 Å². The van der Waals surface area contributed by atoms with Crippen molar-refractivity contribution in [2.45, 2.75) is 12.2 Å². The highest BCUT2D eigenvalue weighted by Crippen LogP contribution is 2.15. The highest BCUT2D eigenvalue weighted by molar-refractivity contribution is 7.90. The Bertz CT molecular complexity index is 872. The molecule has 1 N–H and O–H groups in total. The zero-order chi connectivity index (χ0) is 21.1. The van der Waals surface area contributed by atoms with Gasteiger partial charge in [0.1, 0.15) is 12.4 Å². The first-order chi connectivity index (χ1) is 13.9. The minimum absolute atomic E-state index is 0.0739. The van der Waals surface area contributed by atoms with Crippen molar-refractivity contribution in [2.24, 2.45) is 4.99 Å². The average Bonchev–Trinajstić information content (AvgIpc) is 2.70. The molecule has 0 saturated heterocycles. The highest BCUT2D eigenvalue weighted by Gasteiger charge is 2.12. The Morgan fingerprint density at radius 1 is 1.14 bits per heavy atom. The van der Waals surface area contributed by atoms with Gasteiger partial charge in [0, 0.05) is 25.7 Å². The topological polar surface area (TPSA) is 71.0 Å². The second-order valence-corrected chi connectivity index (χ2v) is 9.25. The first-order valence-corrected chi connectivity index (χ1v) is 11.6. The fourth-order valence-electron chi connectivity index (χ4n) is 2.71. The summed E-state index contributed by atoms with van der Waals surface area (Å²) in [7, 11) is 0.479. The van der Waals surface area contributed by atoms with Crippen LogP contribution in [0.5, 0.6) is 5.75 Å². The predicted octanol–water partition coefficient (Wildman–Crippen LogP) is 3.23. The molecular weight excluding hydrogens is 410 g/mol. The largest absolute Gasteiger partial charge is 0.492 e. The third-order valence-corrected chi connectivity index (χ3v) is 6.16. The van der Waals surface area contributed by atoms with Crippen LogP contribution in [0.2, 0.25) is 5.02 Å². The van der Waals surface area contributed by atoms with Gasteiger partial charge in [0.15, 0.2) is 15.8 Å². The zero-order valence-corrected chi connectivity index (χ0v) is 18.4. The van der Waals surface area contributed by atoms with Crippen LogP contribution in [-0.4, -0.2) is 58.8 Å². The van der Waals surface area contributed by atoms with Crippen molar-refractivity contribution in [3.63, 3.8) is 0 Å². The maximum Gasteiger partial charge on any atom is 0.193 e. The van der Waals surface area contributed by atoms with Gasteiger partial charge in [-0.05, 0) is 36.2 Å². The van der Waals surface area contributed by atoms with Crippen molar-refractivity contribution >= 4 is 27.4 Å². The molecule has 2 rings (SSSR count). The molecule has 0 aliphatic rings. The Morgan fingerprint density at radius 3 is 2.48 bits per heavy atom. The van der Waals surface area contributed by atoms with E-state index in [9.17, 15) is 8.42 Å². The number of sulfone groups is 1. The molecule has 8 heteroatoms. The molecule has 2 aromatic rings. The molecule has 0 atom stereocenters. The molecule has 0 fully saturated rings. The van der Waals surface area contributed by atoms with Crippen LogP contribution >= 0.6 is 11.6 Å². The second-order valence-electron chi connectivity index (χ2n) is 6.63. The smallest absolute Gasteiger partial charge is 0.193 e. The molecule has 2 aromatic carbocycles. The quantitative estimate of drug-likeness (QED) is 0.351. The van der Waals surface area contributed by atoms with Crippen LogP contribution < -0.4 is 10.1 Å². The Hall–Kier alpha value is -2.25. The molecule has 0 amide bonds. The summed E-state index contributed by atoms with van der Waals surface area (Å²) in [5.41, 5.74) is 0.816. The molecule has 0 aliphatic heterocycles. The van der Waals surface area contributed by atoms with Crippen LogP contribution in [0.4, 0.5) is 0 Å². The molecule has 0 radical (unpaired) electrons. The molecule has 6 nitrogen and oxygen atoms in total. The van der Waals surface area contributed by atoms with Crippen LogP contribution in [0.3, 0.4) is 0 Å². The number of hydrogen-bond acceptors (Lipinski definition) is 4. The van der Waals surface area contributed by atoms with Gasteiger partial charge in [-0.25, -0.2) is 8.42 Å². The van der Waals surface area contributed by atoms with Gasteiger partial charge in [-0.1, -0.05) is 41.9 Å². The number of ether oxygens (including phenoxy) is 1. The summed E-state index contributed by atoms with van der Waals surface area (Å²) in [6.07, 6.45) is 0.517. The Morgan fingerprint density at radius 2 is 1.83 bits per heavy atom. The summed E-state index contributed by atoms with van der Waals surface area (Å²) in [6, 6.07) is 16.5. The lowest BCUT2D eigenvalue weighted by Crippen LogP contribution is -2.41. The summed E-state index contributed by atoms with van der Waals surface area (Å²) >= 11 is 5.86. The Kier molecular flexibility index (Phi) is 9.28. The van der Waals surface area contributed by atoms with Crippen molar-refractivity contribution in [1.82, 2.24) is 10.2 Å². The Balaban J connectivity index is 1.68. The predicted molar refractivity (Wildman–Crippen MR) is 119 cm³/mol. The van der Waals surface area contributed by atoms with E-state index in [-0.39, 0.29) is 11.5 Å². The van der Waals surface area contributed by atoms with E-state index in [4.69, 9.17) is 16.3 Å². The van der Waals surface area contributed by atoms with Gasteiger partial charge in [-0.3, -0.25) is 4.99 Å². The molecular formula is C21H28ClN3O3S. The molecule has 0 saturated carbocycles. The fraction of sp³-hybridized carbons (Fsp3) is 0.381. The summed E-state index contributed by atoms with van der Waals surface area (Å²) in [4.78, 5) is 6.17. The normalized spacial score (nSPS) is 11.9. The lowest BCUT2D eigenvalue weighted by atomic mass is 10.2. The van der Waals surface area contributed by atoms with E-state index in [0.29, 0.717) is 37.1 Å². The number of likely N-dealkylation sites (N-methyl/N-ethyl adjacent to an activating group) is 1. The number of halogens is 1. The molecule has 0 unspecified atom stereocenters. The first-order valence-electron chi connectivity index (χ1n) is 9.44. The van der Waals surface area contributed by atoms with E-state index >= 15 is 0 Å². The molecule has 0 heterocycles. The van der Waals surface area contributed by atoms with Crippen LogP contribution in [0.15, 0.2) is 59.6 Å². The van der Waals surface area contributed by atoms with Crippen molar-refractivity contribution in [2.75, 3.05) is 39.5 Å². The average molecular weight is 438 g/mol. The Labute approximate surface area is 178 Å². The van der Waals surface area contributed by atoms with Crippen molar-refractivity contribution < 1.29 is 13.2 Å². The van der Waals surface area contributed by atoms with Crippen LogP contribution in [-0.2, 0) is 15.6 Å². The molecule has 0 spiro atoms. The van der Waals surface area contributed by atoms with E-state index < -0.39 is 9.84 Å². The van der Waals surface area contributed by atoms with E-state index in [1.54, 1.807) is 19.2 Å². The number of guanidine groups is 1. The summed E-state index contributed by atoms with van der Waals surface area (Å²) < 4.78 is 30.2. The summed E-state index contributed by atoms with van der Waals surface area (Å²) in [5, 5.41) is 3.87. The van der Waals surface area contributed by atoms with E-state index in [1.807, 2.05) is 54.4 Å². The van der Waals surface area contributed by atoms with Crippen LogP contribution in [0, 0.1) is 0 Å². The number of benzene rings is 2. The standard InChI is InChI=1S/C21H28ClN3O3S/c1-23-21(25(2)14-15-28-20-11-9-19(22)10-12-20)24-13-6-16-29(26,27)17-18-7-4-3-5-8-18/h3-5,7-12H,6,13-17H2,1-2H3,(H,23,24). The third kappa shape index (κ3) is 8.75. The third-order valence-electron chi connectivity index (χ3n) is 4.23. The number of rotatable bonds is 10. The van der Waals surface area contributed by atoms with Gasteiger partial charge in [0.05, 0.1) is 18.1 Å². The highest BCUT2D eigenvalue weighted by atomic mass is 35.5. The van der Waals surface area contributed by atoms with Crippen molar-refractivity contribution in [1.29, 1.82) is 0 Å². The minimum atomic E-state index is -3.13. The molecule has 0 aliphatic carbocycles. The van der Waals surface area contributed by atoms with E-state index in [1.165, 1.54) is 0 Å². The van der Waals surface area contributed by atoms with Crippen molar-refractivity contribution in [3.8, 4) is 5.75 Å². The zero-order valence-electron chi connectivity index (χ0n) is 16.8. The summed E-state index contributed by atoms with van der Waals surface area (Å²) in [6.45, 7) is 1.65. The molecule has 29 heavy (non-hydrogen) atoms. The van der Waals surface area contributed by atoms with Crippen LogP contribution in [0.25, 0.3) is 0 Å². The van der Waals surface area contributed by atoms with Gasteiger partial charge >= 0.3 is 0 Å². The fourth-order valence-corrected chi connectivity index (χ4v) is 4.27. The second kappa shape index (κ2) is 11.7. The molecule has 158 valence electrons. The van der Waals surface area contributed by atoms with Crippen molar-refractivity contribution in [3.05, 3.63) is 65.2 Å². The first kappa shape index (κ1) is 23.0. The van der Waals surface area contributed by atoms with E-state index in [2.05, 4.69) is 10.3 Å². The SMILES string of the molecule is CN=C(NCCCS(=O)(=O)Cc1ccccc1)N(C)CCOc1ccc(Cl)cc1. The maximum atomic E-state index is 12.3. The monoisotopic (exact) mass is 437 g/mol. The van der Waals surface area contributed by atoms with Gasteiger partial charge in [0.2, 0.25) is 0 Å². The number of nitrogens with zero attached hydrogens (tertiary/aromatic N) is 2. The van der Waals surface area contributed by atoms with Crippen LogP contribution in [0.1, 0.15) is 12.0 Å². The maximum absolute atomic E-state index is 12.3. The minimum Gasteiger partial charge on any atom is -0.492 e. The molecule has 0 aromatic heterocycles.